The van der Waals surface area contributed by atoms with Gasteiger partial charge in [-0.15, -0.1) is 0 Å². The molecule has 0 aliphatic heterocycles. The van der Waals surface area contributed by atoms with Crippen LogP contribution in [0, 0.1) is 0 Å². The van der Waals surface area contributed by atoms with Crippen molar-refractivity contribution < 1.29 is 9.84 Å². The molecule has 0 fully saturated rings. The molecule has 5 N–H and O–H groups in total. The number of aliphatic hydroxyl groups is 1. The van der Waals surface area contributed by atoms with Gasteiger partial charge in [0.15, 0.2) is 0 Å². The predicted octanol–water partition coefficient (Wildman–Crippen LogP) is 0.233. The van der Waals surface area contributed by atoms with Crippen LogP contribution in [0.25, 0.3) is 0 Å². The second-order valence-electron chi connectivity index (χ2n) is 2.78. The topological polar surface area (TPSA) is 81.5 Å². The number of rotatable bonds is 3. The smallest absolute Gasteiger partial charge is 0.133 e. The van der Waals surface area contributed by atoms with Gasteiger partial charge in [-0.1, -0.05) is 18.2 Å². The van der Waals surface area contributed by atoms with Gasteiger partial charge in [0.2, 0.25) is 0 Å². The number of methoxy groups -OCH3 is 1. The third kappa shape index (κ3) is 2.18. The van der Waals surface area contributed by atoms with Gasteiger partial charge in [-0.2, -0.15) is 0 Å². The van der Waals surface area contributed by atoms with Crippen LogP contribution in [0.3, 0.4) is 0 Å². The van der Waals surface area contributed by atoms with Crippen molar-refractivity contribution in [3.63, 3.8) is 0 Å². The lowest BCUT2D eigenvalue weighted by atomic mass is 10.1. The number of para-hydroxylation sites is 1. The minimum atomic E-state index is -1.06. The molecule has 2 atom stereocenters. The Morgan fingerprint density at radius 3 is 2.46 bits per heavy atom. The summed E-state index contributed by atoms with van der Waals surface area (Å²) in [6, 6.07) is 7.15. The van der Waals surface area contributed by atoms with E-state index < -0.39 is 12.3 Å². The van der Waals surface area contributed by atoms with Gasteiger partial charge >= 0.3 is 0 Å². The number of aliphatic hydroxyl groups excluding tert-OH is 1. The van der Waals surface area contributed by atoms with Crippen LogP contribution < -0.4 is 11.5 Å². The lowest BCUT2D eigenvalue weighted by molar-refractivity contribution is -0.00939. The quantitative estimate of drug-likeness (QED) is 0.462. The molecule has 0 saturated heterocycles. The van der Waals surface area contributed by atoms with Crippen LogP contribution in [-0.4, -0.2) is 18.4 Å². The molecule has 0 radical (unpaired) electrons. The van der Waals surface area contributed by atoms with E-state index in [-0.39, 0.29) is 0 Å². The Morgan fingerprint density at radius 1 is 1.38 bits per heavy atom. The largest absolute Gasteiger partial charge is 0.398 e. The Kier molecular flexibility index (Phi) is 3.25. The molecule has 0 saturated carbocycles. The monoisotopic (exact) mass is 182 g/mol. The number of nitrogens with two attached hydrogens (primary N) is 2. The van der Waals surface area contributed by atoms with Crippen LogP contribution in [-0.2, 0) is 4.74 Å². The van der Waals surface area contributed by atoms with Crippen LogP contribution in [0.2, 0.25) is 0 Å². The molecule has 0 bridgehead atoms. The predicted molar refractivity (Wildman–Crippen MR) is 50.8 cm³/mol. The van der Waals surface area contributed by atoms with Crippen LogP contribution in [0.1, 0.15) is 11.7 Å². The number of anilines is 1. The summed E-state index contributed by atoms with van der Waals surface area (Å²) in [5, 5.41) is 9.19. The maximum absolute atomic E-state index is 9.19. The molecule has 2 unspecified atom stereocenters. The summed E-state index contributed by atoms with van der Waals surface area (Å²) in [6.07, 6.45) is -1.63. The summed E-state index contributed by atoms with van der Waals surface area (Å²) in [5.74, 6) is 0. The van der Waals surface area contributed by atoms with Crippen LogP contribution in [0.5, 0.6) is 0 Å². The SMILES string of the molecule is COC(c1ccccc1N)C(N)O. The highest BCUT2D eigenvalue weighted by atomic mass is 16.5. The fourth-order valence-electron chi connectivity index (χ4n) is 1.22. The standard InChI is InChI=1S/C9H14N2O2/c1-13-8(9(11)12)6-4-2-3-5-7(6)10/h2-5,8-9,12H,10-11H2,1H3. The molecule has 0 amide bonds. The lowest BCUT2D eigenvalue weighted by Gasteiger charge is -2.19. The van der Waals surface area contributed by atoms with E-state index in [2.05, 4.69) is 0 Å². The third-order valence-electron chi connectivity index (χ3n) is 1.87. The minimum Gasteiger partial charge on any atom is -0.398 e. The zero-order valence-electron chi connectivity index (χ0n) is 7.47. The summed E-state index contributed by atoms with van der Waals surface area (Å²) in [7, 11) is 1.48. The highest BCUT2D eigenvalue weighted by molar-refractivity contribution is 5.47. The number of benzene rings is 1. The van der Waals surface area contributed by atoms with Gasteiger partial charge in [0.1, 0.15) is 12.3 Å². The maximum atomic E-state index is 9.19. The van der Waals surface area contributed by atoms with Crippen molar-refractivity contribution in [2.45, 2.75) is 12.3 Å². The first-order valence-corrected chi connectivity index (χ1v) is 3.97. The van der Waals surface area contributed by atoms with Crippen molar-refractivity contribution >= 4 is 5.69 Å². The second kappa shape index (κ2) is 4.23. The van der Waals surface area contributed by atoms with Crippen molar-refractivity contribution in [2.75, 3.05) is 12.8 Å². The van der Waals surface area contributed by atoms with Crippen molar-refractivity contribution in [3.8, 4) is 0 Å². The number of ether oxygens (including phenoxy) is 1. The van der Waals surface area contributed by atoms with Gasteiger partial charge < -0.3 is 21.3 Å². The molecule has 0 heterocycles. The average molecular weight is 182 g/mol. The van der Waals surface area contributed by atoms with Crippen LogP contribution >= 0.6 is 0 Å². The van der Waals surface area contributed by atoms with Gasteiger partial charge in [-0.3, -0.25) is 0 Å². The first kappa shape index (κ1) is 9.98. The molecule has 72 valence electrons. The molecule has 0 aliphatic carbocycles. The van der Waals surface area contributed by atoms with E-state index in [0.29, 0.717) is 11.3 Å². The average Bonchev–Trinajstić information content (AvgIpc) is 2.09. The summed E-state index contributed by atoms with van der Waals surface area (Å²) >= 11 is 0. The Balaban J connectivity index is 2.97. The first-order valence-electron chi connectivity index (χ1n) is 3.97. The highest BCUT2D eigenvalue weighted by Gasteiger charge is 2.18. The van der Waals surface area contributed by atoms with E-state index >= 15 is 0 Å². The lowest BCUT2D eigenvalue weighted by Crippen LogP contribution is -2.29. The second-order valence-corrected chi connectivity index (χ2v) is 2.78. The van der Waals surface area contributed by atoms with Gasteiger partial charge in [0.25, 0.3) is 0 Å². The van der Waals surface area contributed by atoms with Gasteiger partial charge in [0, 0.05) is 18.4 Å². The summed E-state index contributed by atoms with van der Waals surface area (Å²) in [6.45, 7) is 0. The van der Waals surface area contributed by atoms with E-state index in [1.54, 1.807) is 12.1 Å². The summed E-state index contributed by atoms with van der Waals surface area (Å²) < 4.78 is 5.02. The fraction of sp³-hybridized carbons (Fsp3) is 0.333. The molecular formula is C9H14N2O2. The zero-order valence-corrected chi connectivity index (χ0v) is 7.47. The zero-order chi connectivity index (χ0) is 9.84. The minimum absolute atomic E-state index is 0.568. The molecule has 4 nitrogen and oxygen atoms in total. The summed E-state index contributed by atoms with van der Waals surface area (Å²) in [4.78, 5) is 0. The van der Waals surface area contributed by atoms with E-state index in [1.165, 1.54) is 7.11 Å². The Bertz CT molecular complexity index is 276. The highest BCUT2D eigenvalue weighted by Crippen LogP contribution is 2.23. The normalized spacial score (nSPS) is 15.3. The number of hydrogen-bond acceptors (Lipinski definition) is 4. The van der Waals surface area contributed by atoms with Gasteiger partial charge in [0.05, 0.1) is 0 Å². The van der Waals surface area contributed by atoms with E-state index in [0.717, 1.165) is 0 Å². The molecule has 1 rings (SSSR count). The Labute approximate surface area is 77.1 Å². The molecule has 4 heteroatoms. The van der Waals surface area contributed by atoms with E-state index in [1.807, 2.05) is 12.1 Å². The van der Waals surface area contributed by atoms with Crippen molar-refractivity contribution in [1.29, 1.82) is 0 Å². The van der Waals surface area contributed by atoms with Crippen molar-refractivity contribution in [1.82, 2.24) is 0 Å². The molecule has 0 spiro atoms. The van der Waals surface area contributed by atoms with Crippen molar-refractivity contribution in [2.24, 2.45) is 5.73 Å². The van der Waals surface area contributed by atoms with E-state index in [9.17, 15) is 5.11 Å². The molecule has 0 aromatic heterocycles. The van der Waals surface area contributed by atoms with Gasteiger partial charge in [-0.25, -0.2) is 0 Å². The molecule has 1 aromatic carbocycles. The Morgan fingerprint density at radius 2 is 2.00 bits per heavy atom. The number of hydrogen-bond donors (Lipinski definition) is 3. The first-order chi connectivity index (χ1) is 6.16. The maximum Gasteiger partial charge on any atom is 0.133 e. The molecular weight excluding hydrogens is 168 g/mol. The molecule has 1 aromatic rings. The van der Waals surface area contributed by atoms with Gasteiger partial charge in [-0.05, 0) is 6.07 Å². The fourth-order valence-corrected chi connectivity index (χ4v) is 1.22. The molecule has 0 aliphatic rings. The Hall–Kier alpha value is -1.10. The van der Waals surface area contributed by atoms with Crippen LogP contribution in [0.15, 0.2) is 24.3 Å². The van der Waals surface area contributed by atoms with Crippen LogP contribution in [0.4, 0.5) is 5.69 Å². The number of nitrogen functional groups attached to an aromatic ring is 1. The summed E-state index contributed by atoms with van der Waals surface area (Å²) in [5.41, 5.74) is 12.3. The van der Waals surface area contributed by atoms with E-state index in [4.69, 9.17) is 16.2 Å². The van der Waals surface area contributed by atoms with Crippen molar-refractivity contribution in [3.05, 3.63) is 29.8 Å². The molecule has 13 heavy (non-hydrogen) atoms. The third-order valence-corrected chi connectivity index (χ3v) is 1.87.